The van der Waals surface area contributed by atoms with E-state index in [1.807, 2.05) is 12.2 Å². The minimum atomic E-state index is -0.807. The van der Waals surface area contributed by atoms with Gasteiger partial charge in [-0.25, -0.2) is 0 Å². The summed E-state index contributed by atoms with van der Waals surface area (Å²) in [6.07, 6.45) is 50.6. The molecule has 5 nitrogen and oxygen atoms in total. The molecule has 0 bridgehead atoms. The fourth-order valence-corrected chi connectivity index (χ4v) is 5.80. The van der Waals surface area contributed by atoms with Crippen LogP contribution in [0.1, 0.15) is 200 Å². The first kappa shape index (κ1) is 46.9. The molecule has 0 radical (unpaired) electrons. The van der Waals surface area contributed by atoms with Crippen LogP contribution in [0.3, 0.4) is 0 Å². The lowest BCUT2D eigenvalue weighted by atomic mass is 10.0. The first-order valence-corrected chi connectivity index (χ1v) is 20.7. The number of hydrogen-bond donors (Lipinski definition) is 1. The van der Waals surface area contributed by atoms with Crippen molar-refractivity contribution >= 4 is 11.9 Å². The molecular weight excluding hydrogens is 608 g/mol. The predicted octanol–water partition coefficient (Wildman–Crippen LogP) is 13.0. The average molecular weight is 687 g/mol. The third-order valence-corrected chi connectivity index (χ3v) is 8.90. The zero-order valence-electron chi connectivity index (χ0n) is 32.2. The second-order valence-corrected chi connectivity index (χ2v) is 13.7. The molecule has 0 rings (SSSR count). The summed E-state index contributed by atoms with van der Waals surface area (Å²) in [6.45, 7) is 3.97. The highest BCUT2D eigenvalue weighted by atomic mass is 16.6. The van der Waals surface area contributed by atoms with Gasteiger partial charge in [-0.05, 0) is 38.5 Å². The quantitative estimate of drug-likeness (QED) is 0.0400. The molecule has 0 saturated carbocycles. The van der Waals surface area contributed by atoms with E-state index in [9.17, 15) is 14.7 Å². The van der Waals surface area contributed by atoms with Gasteiger partial charge < -0.3 is 14.6 Å². The van der Waals surface area contributed by atoms with Gasteiger partial charge in [0.1, 0.15) is 6.61 Å². The van der Waals surface area contributed by atoms with E-state index in [0.717, 1.165) is 44.9 Å². The molecule has 1 unspecified atom stereocenters. The highest BCUT2D eigenvalue weighted by Crippen LogP contribution is 2.15. The van der Waals surface area contributed by atoms with Gasteiger partial charge in [-0.3, -0.25) is 9.59 Å². The number of hydrogen-bond acceptors (Lipinski definition) is 5. The Kier molecular flexibility index (Phi) is 38.5. The van der Waals surface area contributed by atoms with E-state index < -0.39 is 12.1 Å². The van der Waals surface area contributed by atoms with Crippen LogP contribution in [0.25, 0.3) is 0 Å². The van der Waals surface area contributed by atoms with Crippen molar-refractivity contribution in [3.05, 3.63) is 48.6 Å². The number of allylic oxidation sites excluding steroid dienone is 8. The third-order valence-electron chi connectivity index (χ3n) is 8.90. The van der Waals surface area contributed by atoms with E-state index in [4.69, 9.17) is 9.47 Å². The number of unbranched alkanes of at least 4 members (excludes halogenated alkanes) is 21. The van der Waals surface area contributed by atoms with Gasteiger partial charge in [0.25, 0.3) is 0 Å². The minimum absolute atomic E-state index is 0.0929. The SMILES string of the molecule is CC/C=C\C/C=C\C/C=C\C/C=C\CCC(=O)OC(CO)COC(=O)CCCCCCCCCCCCCCCCCCCCCCCC. The molecule has 0 aliphatic heterocycles. The fraction of sp³-hybridized carbons (Fsp3) is 0.773. The molecule has 49 heavy (non-hydrogen) atoms. The van der Waals surface area contributed by atoms with E-state index in [1.54, 1.807) is 0 Å². The lowest BCUT2D eigenvalue weighted by Gasteiger charge is -2.15. The molecule has 0 heterocycles. The summed E-state index contributed by atoms with van der Waals surface area (Å²) in [6, 6.07) is 0. The van der Waals surface area contributed by atoms with E-state index >= 15 is 0 Å². The molecule has 1 atom stereocenters. The Hall–Kier alpha value is -2.14. The molecule has 0 amide bonds. The fourth-order valence-electron chi connectivity index (χ4n) is 5.80. The summed E-state index contributed by atoms with van der Waals surface area (Å²) in [4.78, 5) is 24.2. The molecule has 0 spiro atoms. The normalized spacial score (nSPS) is 12.6. The van der Waals surface area contributed by atoms with Crippen molar-refractivity contribution in [1.82, 2.24) is 0 Å². The maximum absolute atomic E-state index is 12.1. The zero-order valence-corrected chi connectivity index (χ0v) is 32.2. The second-order valence-electron chi connectivity index (χ2n) is 13.7. The monoisotopic (exact) mass is 687 g/mol. The van der Waals surface area contributed by atoms with Crippen LogP contribution < -0.4 is 0 Å². The molecule has 0 aromatic heterocycles. The highest BCUT2D eigenvalue weighted by molar-refractivity contribution is 5.70. The average Bonchev–Trinajstić information content (AvgIpc) is 3.10. The number of rotatable bonds is 37. The highest BCUT2D eigenvalue weighted by Gasteiger charge is 2.15. The Morgan fingerprint density at radius 1 is 0.490 bits per heavy atom. The Morgan fingerprint density at radius 2 is 0.878 bits per heavy atom. The number of carbonyl (C=O) groups excluding carboxylic acids is 2. The number of aliphatic hydroxyl groups is 1. The maximum atomic E-state index is 12.1. The molecule has 0 saturated heterocycles. The van der Waals surface area contributed by atoms with Crippen LogP contribution in [-0.2, 0) is 19.1 Å². The van der Waals surface area contributed by atoms with Crippen LogP contribution in [0, 0.1) is 0 Å². The van der Waals surface area contributed by atoms with Crippen molar-refractivity contribution in [2.45, 2.75) is 206 Å². The van der Waals surface area contributed by atoms with Crippen LogP contribution in [0.5, 0.6) is 0 Å². The molecule has 0 aromatic carbocycles. The molecule has 0 aliphatic carbocycles. The van der Waals surface area contributed by atoms with E-state index in [2.05, 4.69) is 50.3 Å². The number of ether oxygens (including phenoxy) is 2. The second kappa shape index (κ2) is 40.3. The topological polar surface area (TPSA) is 72.8 Å². The summed E-state index contributed by atoms with van der Waals surface area (Å²) in [5, 5.41) is 9.54. The van der Waals surface area contributed by atoms with Gasteiger partial charge >= 0.3 is 11.9 Å². The Morgan fingerprint density at radius 3 is 1.29 bits per heavy atom. The van der Waals surface area contributed by atoms with Crippen LogP contribution in [0.15, 0.2) is 48.6 Å². The van der Waals surface area contributed by atoms with Gasteiger partial charge in [0.2, 0.25) is 0 Å². The summed E-state index contributed by atoms with van der Waals surface area (Å²) in [5.41, 5.74) is 0. The van der Waals surface area contributed by atoms with E-state index in [0.29, 0.717) is 12.8 Å². The molecule has 1 N–H and O–H groups in total. The smallest absolute Gasteiger partial charge is 0.306 e. The Balaban J connectivity index is 3.54. The summed E-state index contributed by atoms with van der Waals surface area (Å²) in [5.74, 6) is -0.681. The maximum Gasteiger partial charge on any atom is 0.306 e. The van der Waals surface area contributed by atoms with E-state index in [-0.39, 0.29) is 25.6 Å². The summed E-state index contributed by atoms with van der Waals surface area (Å²) in [7, 11) is 0. The van der Waals surface area contributed by atoms with Crippen LogP contribution in [0.4, 0.5) is 0 Å². The summed E-state index contributed by atoms with van der Waals surface area (Å²) < 4.78 is 10.5. The van der Waals surface area contributed by atoms with Gasteiger partial charge in [0.15, 0.2) is 6.10 Å². The zero-order chi connectivity index (χ0) is 35.7. The molecular formula is C44H78O5. The van der Waals surface area contributed by atoms with Gasteiger partial charge in [-0.2, -0.15) is 0 Å². The van der Waals surface area contributed by atoms with Crippen LogP contribution in [0.2, 0.25) is 0 Å². The molecule has 5 heteroatoms. The predicted molar refractivity (Wildman–Crippen MR) is 210 cm³/mol. The van der Waals surface area contributed by atoms with Crippen molar-refractivity contribution in [2.75, 3.05) is 13.2 Å². The largest absolute Gasteiger partial charge is 0.462 e. The summed E-state index contributed by atoms with van der Waals surface area (Å²) >= 11 is 0. The van der Waals surface area contributed by atoms with Crippen LogP contribution >= 0.6 is 0 Å². The molecule has 284 valence electrons. The molecule has 0 aromatic rings. The molecule has 0 fully saturated rings. The van der Waals surface area contributed by atoms with Gasteiger partial charge in [-0.1, -0.05) is 197 Å². The third kappa shape index (κ3) is 38.5. The first-order chi connectivity index (χ1) is 24.1. The lowest BCUT2D eigenvalue weighted by molar-refractivity contribution is -0.161. The van der Waals surface area contributed by atoms with E-state index in [1.165, 1.54) is 122 Å². The van der Waals surface area contributed by atoms with Crippen molar-refractivity contribution < 1.29 is 24.2 Å². The number of esters is 2. The van der Waals surface area contributed by atoms with Crippen molar-refractivity contribution in [2.24, 2.45) is 0 Å². The molecule has 0 aliphatic rings. The lowest BCUT2D eigenvalue weighted by Crippen LogP contribution is -2.28. The minimum Gasteiger partial charge on any atom is -0.462 e. The first-order valence-electron chi connectivity index (χ1n) is 20.7. The number of carbonyl (C=O) groups is 2. The van der Waals surface area contributed by atoms with Gasteiger partial charge in [0, 0.05) is 12.8 Å². The Bertz CT molecular complexity index is 827. The standard InChI is InChI=1S/C44H78O5/c1-3-5-7-9-11-13-15-17-18-19-20-21-22-23-24-25-27-28-30-32-34-36-38-43(46)48-41-42(40-45)49-44(47)39-37-35-33-31-29-26-16-14-12-10-8-6-4-2/h6,8,12,14,26,29,33,35,42,45H,3-5,7,9-11,13,15-25,27-28,30-32,34,36-41H2,1-2H3/b8-6-,14-12-,29-26-,35-33-. The number of aliphatic hydroxyl groups excluding tert-OH is 1. The Labute approximate surface area is 303 Å². The van der Waals surface area contributed by atoms with Crippen LogP contribution in [-0.4, -0.2) is 36.4 Å². The van der Waals surface area contributed by atoms with Crippen molar-refractivity contribution in [3.8, 4) is 0 Å². The van der Waals surface area contributed by atoms with Crippen molar-refractivity contribution in [3.63, 3.8) is 0 Å². The van der Waals surface area contributed by atoms with Gasteiger partial charge in [-0.15, -0.1) is 0 Å². The van der Waals surface area contributed by atoms with Gasteiger partial charge in [0.05, 0.1) is 6.61 Å². The van der Waals surface area contributed by atoms with Crippen molar-refractivity contribution in [1.29, 1.82) is 0 Å².